The van der Waals surface area contributed by atoms with Crippen molar-refractivity contribution in [3.63, 3.8) is 0 Å². The summed E-state index contributed by atoms with van der Waals surface area (Å²) >= 11 is 0. The van der Waals surface area contributed by atoms with E-state index < -0.39 is 5.97 Å². The van der Waals surface area contributed by atoms with Gasteiger partial charge in [0.05, 0.1) is 11.9 Å². The highest BCUT2D eigenvalue weighted by molar-refractivity contribution is 6.00. The predicted octanol–water partition coefficient (Wildman–Crippen LogP) is 1.58. The van der Waals surface area contributed by atoms with Crippen LogP contribution in [0.25, 0.3) is 5.82 Å². The Morgan fingerprint density at radius 2 is 2.04 bits per heavy atom. The normalized spacial score (nSPS) is 10.7. The van der Waals surface area contributed by atoms with E-state index in [1.165, 1.54) is 18.5 Å². The lowest BCUT2D eigenvalue weighted by Crippen LogP contribution is -2.15. The van der Waals surface area contributed by atoms with Crippen LogP contribution in [0.15, 0.2) is 43.0 Å². The van der Waals surface area contributed by atoms with Crippen molar-refractivity contribution in [2.24, 2.45) is 7.05 Å². The number of anilines is 1. The molecule has 0 atom stereocenters. The van der Waals surface area contributed by atoms with Gasteiger partial charge < -0.3 is 20.1 Å². The molecule has 9 heteroatoms. The number of aryl methyl sites for hydroxylation is 2. The molecule has 3 N–H and O–H groups in total. The smallest absolute Gasteiger partial charge is 0.339 e. The van der Waals surface area contributed by atoms with E-state index >= 15 is 0 Å². The number of aromatic carboxylic acids is 1. The second kappa shape index (κ2) is 7.09. The number of hydrogen-bond donors (Lipinski definition) is 3. The Balaban J connectivity index is 1.67. The van der Waals surface area contributed by atoms with Crippen LogP contribution in [0.4, 0.5) is 5.69 Å². The Morgan fingerprint density at radius 1 is 1.23 bits per heavy atom. The fourth-order valence-electron chi connectivity index (χ4n) is 2.54. The lowest BCUT2D eigenvalue weighted by molar-refractivity contribution is -0.116. The summed E-state index contributed by atoms with van der Waals surface area (Å²) in [5.74, 6) is -0.819. The third-order valence-electron chi connectivity index (χ3n) is 3.74. The van der Waals surface area contributed by atoms with E-state index in [1.807, 2.05) is 0 Å². The molecule has 134 valence electrons. The lowest BCUT2D eigenvalue weighted by Gasteiger charge is -2.07. The second-order valence-corrected chi connectivity index (χ2v) is 5.71. The molecule has 3 rings (SSSR count). The molecule has 0 saturated heterocycles. The summed E-state index contributed by atoms with van der Waals surface area (Å²) in [6, 6.07) is 4.89. The Labute approximate surface area is 148 Å². The van der Waals surface area contributed by atoms with Gasteiger partial charge in [-0.1, -0.05) is 0 Å². The zero-order valence-electron chi connectivity index (χ0n) is 14.0. The van der Waals surface area contributed by atoms with Crippen LogP contribution in [-0.2, 0) is 18.3 Å². The Morgan fingerprint density at radius 3 is 2.73 bits per heavy atom. The summed E-state index contributed by atoms with van der Waals surface area (Å²) in [4.78, 5) is 27.5. The van der Waals surface area contributed by atoms with Crippen LogP contribution in [0.5, 0.6) is 5.75 Å². The molecule has 0 bridgehead atoms. The van der Waals surface area contributed by atoms with Crippen LogP contribution in [0.2, 0.25) is 0 Å². The van der Waals surface area contributed by atoms with Crippen LogP contribution in [0.3, 0.4) is 0 Å². The highest BCUT2D eigenvalue weighted by Crippen LogP contribution is 2.17. The maximum Gasteiger partial charge on any atom is 0.339 e. The summed E-state index contributed by atoms with van der Waals surface area (Å²) in [6.07, 6.45) is 6.44. The number of carbonyl (C=O) groups is 2. The first-order valence-electron chi connectivity index (χ1n) is 7.81. The Bertz CT molecular complexity index is 942. The Kier molecular flexibility index (Phi) is 4.70. The molecule has 1 amide bonds. The quantitative estimate of drug-likeness (QED) is 0.617. The van der Waals surface area contributed by atoms with Crippen molar-refractivity contribution < 1.29 is 19.8 Å². The molecule has 0 saturated carbocycles. The van der Waals surface area contributed by atoms with Gasteiger partial charge in [0.1, 0.15) is 11.3 Å². The number of aromatic nitrogens is 4. The molecular formula is C17H17N5O4. The minimum absolute atomic E-state index is 0.0409. The number of carboxylic acid groups (broad SMARTS) is 1. The van der Waals surface area contributed by atoms with Gasteiger partial charge in [0.25, 0.3) is 0 Å². The van der Waals surface area contributed by atoms with Crippen molar-refractivity contribution in [3.8, 4) is 11.6 Å². The number of pyridine rings is 1. The molecule has 0 aliphatic carbocycles. The largest absolute Gasteiger partial charge is 0.506 e. The molecule has 0 aliphatic heterocycles. The lowest BCUT2D eigenvalue weighted by atomic mass is 10.2. The van der Waals surface area contributed by atoms with Crippen molar-refractivity contribution in [3.05, 3.63) is 54.2 Å². The maximum atomic E-state index is 12.2. The van der Waals surface area contributed by atoms with E-state index in [0.29, 0.717) is 12.2 Å². The second-order valence-electron chi connectivity index (χ2n) is 5.71. The average molecular weight is 355 g/mol. The zero-order valence-corrected chi connectivity index (χ0v) is 14.0. The molecule has 0 fully saturated rings. The van der Waals surface area contributed by atoms with E-state index in [1.54, 1.807) is 40.8 Å². The van der Waals surface area contributed by atoms with Gasteiger partial charge >= 0.3 is 5.97 Å². The van der Waals surface area contributed by atoms with Gasteiger partial charge in [0.15, 0.2) is 5.82 Å². The highest BCUT2D eigenvalue weighted by atomic mass is 16.4. The van der Waals surface area contributed by atoms with Crippen molar-refractivity contribution >= 4 is 17.6 Å². The van der Waals surface area contributed by atoms with E-state index in [2.05, 4.69) is 15.4 Å². The van der Waals surface area contributed by atoms with Gasteiger partial charge in [-0.15, -0.1) is 0 Å². The number of carbonyl (C=O) groups excluding carboxylic acids is 1. The van der Waals surface area contributed by atoms with Crippen LogP contribution in [0, 0.1) is 0 Å². The molecule has 3 aromatic rings. The molecule has 26 heavy (non-hydrogen) atoms. The fourth-order valence-corrected chi connectivity index (χ4v) is 2.54. The molecule has 0 spiro atoms. The standard InChI is InChI=1S/C17H17N5O4/c1-21-9-13(17(25)26)14(10-21)20-16(24)5-2-11-6-7-19-22(11)15-4-3-12(23)8-18-15/h3-4,6-10,23H,2,5H2,1H3,(H,20,24)(H,25,26). The molecule has 0 unspecified atom stereocenters. The maximum absolute atomic E-state index is 12.2. The van der Waals surface area contributed by atoms with Gasteiger partial charge in [-0.2, -0.15) is 5.10 Å². The van der Waals surface area contributed by atoms with Gasteiger partial charge in [0, 0.05) is 37.8 Å². The first-order chi connectivity index (χ1) is 12.4. The van der Waals surface area contributed by atoms with E-state index in [9.17, 15) is 14.7 Å². The van der Waals surface area contributed by atoms with Crippen molar-refractivity contribution in [1.82, 2.24) is 19.3 Å². The third-order valence-corrected chi connectivity index (χ3v) is 3.74. The number of amides is 1. The first kappa shape index (κ1) is 17.2. The van der Waals surface area contributed by atoms with Crippen molar-refractivity contribution in [1.29, 1.82) is 0 Å². The van der Waals surface area contributed by atoms with Gasteiger partial charge in [-0.25, -0.2) is 14.5 Å². The number of hydrogen-bond acceptors (Lipinski definition) is 5. The number of aromatic hydroxyl groups is 1. The summed E-state index contributed by atoms with van der Waals surface area (Å²) in [5, 5.41) is 25.3. The number of nitrogens with one attached hydrogen (secondary N) is 1. The van der Waals surface area contributed by atoms with E-state index in [4.69, 9.17) is 5.11 Å². The van der Waals surface area contributed by atoms with Crippen molar-refractivity contribution in [2.75, 3.05) is 5.32 Å². The van der Waals surface area contributed by atoms with Crippen LogP contribution in [0.1, 0.15) is 22.5 Å². The summed E-state index contributed by atoms with van der Waals surface area (Å²) in [7, 11) is 1.69. The highest BCUT2D eigenvalue weighted by Gasteiger charge is 2.15. The van der Waals surface area contributed by atoms with Gasteiger partial charge in [-0.05, 0) is 24.6 Å². The van der Waals surface area contributed by atoms with E-state index in [-0.39, 0.29) is 29.3 Å². The SMILES string of the molecule is Cn1cc(NC(=O)CCc2ccnn2-c2ccc(O)cn2)c(C(=O)O)c1. The Hall–Kier alpha value is -3.62. The minimum Gasteiger partial charge on any atom is -0.506 e. The number of rotatable bonds is 6. The third kappa shape index (κ3) is 3.72. The predicted molar refractivity (Wildman–Crippen MR) is 92.3 cm³/mol. The van der Waals surface area contributed by atoms with Gasteiger partial charge in [-0.3, -0.25) is 4.79 Å². The minimum atomic E-state index is -1.10. The fraction of sp³-hybridized carbons (Fsp3) is 0.176. The summed E-state index contributed by atoms with van der Waals surface area (Å²) in [6.45, 7) is 0. The zero-order chi connectivity index (χ0) is 18.7. The van der Waals surface area contributed by atoms with Crippen LogP contribution < -0.4 is 5.32 Å². The summed E-state index contributed by atoms with van der Waals surface area (Å²) in [5.41, 5.74) is 1.07. The summed E-state index contributed by atoms with van der Waals surface area (Å²) < 4.78 is 3.16. The topological polar surface area (TPSA) is 122 Å². The monoisotopic (exact) mass is 355 g/mol. The molecule has 3 aromatic heterocycles. The van der Waals surface area contributed by atoms with Crippen LogP contribution in [-0.4, -0.2) is 41.4 Å². The average Bonchev–Trinajstić information content (AvgIpc) is 3.20. The number of carboxylic acids is 1. The molecule has 0 aliphatic rings. The van der Waals surface area contributed by atoms with Crippen LogP contribution >= 0.6 is 0 Å². The van der Waals surface area contributed by atoms with Crippen molar-refractivity contribution in [2.45, 2.75) is 12.8 Å². The molecule has 9 nitrogen and oxygen atoms in total. The van der Waals surface area contributed by atoms with E-state index in [0.717, 1.165) is 5.69 Å². The molecule has 0 radical (unpaired) electrons. The molecule has 3 heterocycles. The van der Waals surface area contributed by atoms with Gasteiger partial charge in [0.2, 0.25) is 5.91 Å². The molecular weight excluding hydrogens is 338 g/mol. The number of nitrogens with zero attached hydrogens (tertiary/aromatic N) is 4. The first-order valence-corrected chi connectivity index (χ1v) is 7.81. The molecule has 0 aromatic carbocycles.